The van der Waals surface area contributed by atoms with E-state index in [1.165, 1.54) is 68.2 Å². The Labute approximate surface area is 134 Å². The van der Waals surface area contributed by atoms with Crippen LogP contribution in [0, 0.1) is 0 Å². The molecule has 2 atom stereocenters. The lowest BCUT2D eigenvalue weighted by Gasteiger charge is -2.25. The average Bonchev–Trinajstić information content (AvgIpc) is 2.50. The molecule has 1 heterocycles. The number of benzene rings is 1. The predicted octanol–water partition coefficient (Wildman–Crippen LogP) is 5.90. The first-order chi connectivity index (χ1) is 10.2. The second kappa shape index (κ2) is 8.85. The van der Waals surface area contributed by atoms with Crippen LogP contribution in [-0.2, 0) is 6.42 Å². The Morgan fingerprint density at radius 3 is 2.71 bits per heavy atom. The van der Waals surface area contributed by atoms with E-state index in [1.54, 1.807) is 0 Å². The first-order valence-electron chi connectivity index (χ1n) is 8.68. The van der Waals surface area contributed by atoms with Gasteiger partial charge in [0.15, 0.2) is 0 Å². The standard InChI is InChI=1S/C19H30OS/c1-3-4-5-6-7-8-9-18-12-10-17-14-16(15(2)20)11-13-19(17)21-18/h11,13-15,18,20H,3-10,12H2,1-2H3/t15-,18+/m0/s1. The number of aryl methyl sites for hydroxylation is 1. The highest BCUT2D eigenvalue weighted by molar-refractivity contribution is 8.00. The highest BCUT2D eigenvalue weighted by atomic mass is 32.2. The second-order valence-corrected chi connectivity index (χ2v) is 7.72. The molecule has 0 spiro atoms. The van der Waals surface area contributed by atoms with Crippen molar-refractivity contribution in [2.24, 2.45) is 0 Å². The number of unbranched alkanes of at least 4 members (excludes halogenated alkanes) is 5. The Morgan fingerprint density at radius 1 is 1.19 bits per heavy atom. The van der Waals surface area contributed by atoms with Crippen LogP contribution in [0.5, 0.6) is 0 Å². The SMILES string of the molecule is CCCCCCCC[C@@H]1CCc2cc([C@H](C)O)ccc2S1. The zero-order valence-corrected chi connectivity index (χ0v) is 14.4. The monoisotopic (exact) mass is 306 g/mol. The number of aliphatic hydroxyl groups is 1. The van der Waals surface area contributed by atoms with Crippen LogP contribution in [0.4, 0.5) is 0 Å². The van der Waals surface area contributed by atoms with Gasteiger partial charge in [0.05, 0.1) is 6.10 Å². The maximum Gasteiger partial charge on any atom is 0.0762 e. The predicted molar refractivity (Wildman–Crippen MR) is 93.0 cm³/mol. The Hall–Kier alpha value is -0.470. The number of aliphatic hydroxyl groups excluding tert-OH is 1. The molecule has 0 unspecified atom stereocenters. The molecule has 0 aliphatic carbocycles. The lowest BCUT2D eigenvalue weighted by Crippen LogP contribution is -2.11. The van der Waals surface area contributed by atoms with Crippen LogP contribution in [0.25, 0.3) is 0 Å². The lowest BCUT2D eigenvalue weighted by molar-refractivity contribution is 0.199. The summed E-state index contributed by atoms with van der Waals surface area (Å²) in [6.07, 6.45) is 11.9. The molecule has 118 valence electrons. The van der Waals surface area contributed by atoms with Crippen molar-refractivity contribution >= 4 is 11.8 Å². The van der Waals surface area contributed by atoms with Crippen LogP contribution in [-0.4, -0.2) is 10.4 Å². The number of fused-ring (bicyclic) bond motifs is 1. The van der Waals surface area contributed by atoms with Crippen molar-refractivity contribution in [3.05, 3.63) is 29.3 Å². The fraction of sp³-hybridized carbons (Fsp3) is 0.684. The van der Waals surface area contributed by atoms with Crippen molar-refractivity contribution < 1.29 is 5.11 Å². The quantitative estimate of drug-likeness (QED) is 0.604. The first kappa shape index (κ1) is 16.9. The van der Waals surface area contributed by atoms with E-state index in [1.807, 2.05) is 6.92 Å². The van der Waals surface area contributed by atoms with E-state index >= 15 is 0 Å². The molecule has 1 aliphatic rings. The van der Waals surface area contributed by atoms with Crippen molar-refractivity contribution in [3.8, 4) is 0 Å². The average molecular weight is 307 g/mol. The van der Waals surface area contributed by atoms with E-state index < -0.39 is 0 Å². The molecule has 0 aromatic heterocycles. The van der Waals surface area contributed by atoms with Gasteiger partial charge in [-0.3, -0.25) is 0 Å². The van der Waals surface area contributed by atoms with Gasteiger partial charge in [0.1, 0.15) is 0 Å². The van der Waals surface area contributed by atoms with Gasteiger partial charge >= 0.3 is 0 Å². The van der Waals surface area contributed by atoms with Crippen molar-refractivity contribution in [2.45, 2.75) is 87.9 Å². The second-order valence-electron chi connectivity index (χ2n) is 6.38. The number of thioether (sulfide) groups is 1. The minimum Gasteiger partial charge on any atom is -0.389 e. The summed E-state index contributed by atoms with van der Waals surface area (Å²) in [6.45, 7) is 4.12. The van der Waals surface area contributed by atoms with Gasteiger partial charge in [-0.15, -0.1) is 11.8 Å². The number of hydrogen-bond acceptors (Lipinski definition) is 2. The largest absolute Gasteiger partial charge is 0.389 e. The molecule has 1 N–H and O–H groups in total. The summed E-state index contributed by atoms with van der Waals surface area (Å²) in [4.78, 5) is 1.45. The van der Waals surface area contributed by atoms with Gasteiger partial charge in [-0.25, -0.2) is 0 Å². The maximum absolute atomic E-state index is 9.68. The van der Waals surface area contributed by atoms with E-state index in [2.05, 4.69) is 36.9 Å². The molecule has 2 heteroatoms. The van der Waals surface area contributed by atoms with Crippen molar-refractivity contribution in [2.75, 3.05) is 0 Å². The molecule has 0 bridgehead atoms. The van der Waals surface area contributed by atoms with E-state index in [4.69, 9.17) is 0 Å². The third-order valence-corrected chi connectivity index (χ3v) is 5.93. The Bertz CT molecular complexity index is 428. The zero-order valence-electron chi connectivity index (χ0n) is 13.6. The van der Waals surface area contributed by atoms with E-state index in [0.717, 1.165) is 10.8 Å². The van der Waals surface area contributed by atoms with E-state index in [0.29, 0.717) is 0 Å². The molecule has 0 saturated carbocycles. The highest BCUT2D eigenvalue weighted by Gasteiger charge is 2.19. The maximum atomic E-state index is 9.68. The normalized spacial score (nSPS) is 19.3. The molecule has 1 aromatic rings. The zero-order chi connectivity index (χ0) is 15.1. The molecular formula is C19H30OS. The topological polar surface area (TPSA) is 20.2 Å². The molecule has 1 aromatic carbocycles. The molecule has 1 nitrogen and oxygen atoms in total. The fourth-order valence-electron chi connectivity index (χ4n) is 3.08. The molecular weight excluding hydrogens is 276 g/mol. The summed E-state index contributed by atoms with van der Waals surface area (Å²) < 4.78 is 0. The van der Waals surface area contributed by atoms with E-state index in [-0.39, 0.29) is 6.10 Å². The molecule has 21 heavy (non-hydrogen) atoms. The highest BCUT2D eigenvalue weighted by Crippen LogP contribution is 2.38. The summed E-state index contributed by atoms with van der Waals surface area (Å²) in [7, 11) is 0. The van der Waals surface area contributed by atoms with Gasteiger partial charge in [0.2, 0.25) is 0 Å². The van der Waals surface area contributed by atoms with Gasteiger partial charge in [-0.2, -0.15) is 0 Å². The van der Waals surface area contributed by atoms with Gasteiger partial charge in [0, 0.05) is 10.1 Å². The molecule has 1 aliphatic heterocycles. The van der Waals surface area contributed by atoms with E-state index in [9.17, 15) is 5.11 Å². The number of rotatable bonds is 8. The summed E-state index contributed by atoms with van der Waals surface area (Å²) in [5, 5.41) is 10.5. The van der Waals surface area contributed by atoms with Crippen LogP contribution in [0.1, 0.15) is 82.4 Å². The third-order valence-electron chi connectivity index (χ3n) is 4.48. The number of hydrogen-bond donors (Lipinski definition) is 1. The molecule has 2 rings (SSSR count). The Kier molecular flexibility index (Phi) is 7.12. The van der Waals surface area contributed by atoms with Crippen LogP contribution in [0.2, 0.25) is 0 Å². The van der Waals surface area contributed by atoms with Crippen LogP contribution in [0.15, 0.2) is 23.1 Å². The molecule has 0 radical (unpaired) electrons. The van der Waals surface area contributed by atoms with Gasteiger partial charge in [0.25, 0.3) is 0 Å². The van der Waals surface area contributed by atoms with Crippen LogP contribution >= 0.6 is 11.8 Å². The summed E-state index contributed by atoms with van der Waals surface area (Å²) in [5.74, 6) is 0. The summed E-state index contributed by atoms with van der Waals surface area (Å²) in [6, 6.07) is 6.51. The smallest absolute Gasteiger partial charge is 0.0762 e. The van der Waals surface area contributed by atoms with Crippen LogP contribution in [0.3, 0.4) is 0 Å². The minimum absolute atomic E-state index is 0.346. The third kappa shape index (κ3) is 5.34. The Morgan fingerprint density at radius 2 is 1.95 bits per heavy atom. The van der Waals surface area contributed by atoms with Crippen molar-refractivity contribution in [1.29, 1.82) is 0 Å². The first-order valence-corrected chi connectivity index (χ1v) is 9.56. The minimum atomic E-state index is -0.346. The summed E-state index contributed by atoms with van der Waals surface area (Å²) in [5.41, 5.74) is 2.50. The van der Waals surface area contributed by atoms with Gasteiger partial charge in [-0.05, 0) is 43.4 Å². The fourth-order valence-corrected chi connectivity index (χ4v) is 4.42. The lowest BCUT2D eigenvalue weighted by atomic mass is 10.00. The van der Waals surface area contributed by atoms with Crippen molar-refractivity contribution in [1.82, 2.24) is 0 Å². The van der Waals surface area contributed by atoms with Gasteiger partial charge in [-0.1, -0.05) is 57.6 Å². The van der Waals surface area contributed by atoms with Gasteiger partial charge < -0.3 is 5.11 Å². The molecule has 0 fully saturated rings. The molecule has 0 saturated heterocycles. The van der Waals surface area contributed by atoms with Crippen molar-refractivity contribution in [3.63, 3.8) is 0 Å². The Balaban J connectivity index is 1.75. The van der Waals surface area contributed by atoms with Crippen LogP contribution < -0.4 is 0 Å². The molecule has 0 amide bonds. The summed E-state index contributed by atoms with van der Waals surface area (Å²) >= 11 is 2.06.